The highest BCUT2D eigenvalue weighted by Crippen LogP contribution is 2.15. The van der Waals surface area contributed by atoms with Gasteiger partial charge in [0.05, 0.1) is 6.20 Å². The number of aromatic nitrogens is 2. The monoisotopic (exact) mass is 244 g/mol. The van der Waals surface area contributed by atoms with E-state index in [2.05, 4.69) is 45.8 Å². The second kappa shape index (κ2) is 5.58. The summed E-state index contributed by atoms with van der Waals surface area (Å²) in [7, 11) is 6.03. The Morgan fingerprint density at radius 1 is 1.22 bits per heavy atom. The number of anilines is 2. The van der Waals surface area contributed by atoms with E-state index >= 15 is 0 Å². The summed E-state index contributed by atoms with van der Waals surface area (Å²) in [6.07, 6.45) is 4.96. The number of benzene rings is 1. The normalized spacial score (nSPS) is 10.4. The van der Waals surface area contributed by atoms with Gasteiger partial charge in [0, 0.05) is 45.3 Å². The highest BCUT2D eigenvalue weighted by Gasteiger charge is 1.98. The first kappa shape index (κ1) is 12.5. The Hall–Kier alpha value is -1.97. The Labute approximate surface area is 108 Å². The molecule has 1 N–H and O–H groups in total. The summed E-state index contributed by atoms with van der Waals surface area (Å²) in [4.78, 5) is 2.10. The predicted octanol–water partition coefficient (Wildman–Crippen LogP) is 2.14. The molecule has 0 fully saturated rings. The standard InChI is InChI=1S/C14H20N4/c1-17(2)14-6-4-13(5-7-14)15-9-8-12-10-16-18(3)11-12/h4-7,10-11,15H,8-9H2,1-3H3. The molecule has 0 aliphatic heterocycles. The van der Waals surface area contributed by atoms with E-state index in [0.717, 1.165) is 18.7 Å². The highest BCUT2D eigenvalue weighted by molar-refractivity contribution is 5.54. The second-order valence-corrected chi connectivity index (χ2v) is 4.64. The van der Waals surface area contributed by atoms with E-state index < -0.39 is 0 Å². The number of aryl methyl sites for hydroxylation is 1. The molecule has 0 aliphatic carbocycles. The van der Waals surface area contributed by atoms with E-state index in [9.17, 15) is 0 Å². The molecular formula is C14H20N4. The fraction of sp³-hybridized carbons (Fsp3) is 0.357. The van der Waals surface area contributed by atoms with Gasteiger partial charge < -0.3 is 10.2 Å². The summed E-state index contributed by atoms with van der Waals surface area (Å²) in [6.45, 7) is 0.924. The lowest BCUT2D eigenvalue weighted by atomic mass is 10.2. The minimum Gasteiger partial charge on any atom is -0.385 e. The summed E-state index contributed by atoms with van der Waals surface area (Å²) in [6, 6.07) is 8.45. The fourth-order valence-electron chi connectivity index (χ4n) is 1.83. The smallest absolute Gasteiger partial charge is 0.0522 e. The van der Waals surface area contributed by atoms with Crippen molar-refractivity contribution in [2.24, 2.45) is 7.05 Å². The zero-order chi connectivity index (χ0) is 13.0. The molecule has 4 nitrogen and oxygen atoms in total. The highest BCUT2D eigenvalue weighted by atomic mass is 15.2. The first-order valence-corrected chi connectivity index (χ1v) is 6.14. The van der Waals surface area contributed by atoms with Gasteiger partial charge in [-0.1, -0.05) is 0 Å². The first-order chi connectivity index (χ1) is 8.65. The topological polar surface area (TPSA) is 33.1 Å². The Morgan fingerprint density at radius 2 is 1.94 bits per heavy atom. The fourth-order valence-corrected chi connectivity index (χ4v) is 1.83. The van der Waals surface area contributed by atoms with Crippen molar-refractivity contribution >= 4 is 11.4 Å². The van der Waals surface area contributed by atoms with E-state index in [1.54, 1.807) is 0 Å². The second-order valence-electron chi connectivity index (χ2n) is 4.64. The van der Waals surface area contributed by atoms with Crippen LogP contribution >= 0.6 is 0 Å². The SMILES string of the molecule is CN(C)c1ccc(NCCc2cnn(C)c2)cc1. The summed E-state index contributed by atoms with van der Waals surface area (Å²) < 4.78 is 1.83. The molecule has 0 bridgehead atoms. The van der Waals surface area contributed by atoms with E-state index in [4.69, 9.17) is 0 Å². The van der Waals surface area contributed by atoms with Crippen LogP contribution in [0.1, 0.15) is 5.56 Å². The van der Waals surface area contributed by atoms with Gasteiger partial charge in [-0.05, 0) is 36.2 Å². The molecule has 4 heteroatoms. The van der Waals surface area contributed by atoms with Crippen molar-refractivity contribution in [2.45, 2.75) is 6.42 Å². The van der Waals surface area contributed by atoms with Crippen molar-refractivity contribution in [2.75, 3.05) is 30.9 Å². The van der Waals surface area contributed by atoms with Gasteiger partial charge in [-0.3, -0.25) is 4.68 Å². The van der Waals surface area contributed by atoms with Crippen molar-refractivity contribution < 1.29 is 0 Å². The largest absolute Gasteiger partial charge is 0.385 e. The maximum atomic E-state index is 4.16. The molecule has 0 saturated carbocycles. The van der Waals surface area contributed by atoms with Gasteiger partial charge in [-0.25, -0.2) is 0 Å². The predicted molar refractivity (Wildman–Crippen MR) is 76.2 cm³/mol. The van der Waals surface area contributed by atoms with Crippen LogP contribution < -0.4 is 10.2 Å². The van der Waals surface area contributed by atoms with Crippen LogP contribution in [0.15, 0.2) is 36.7 Å². The molecule has 0 aliphatic rings. The van der Waals surface area contributed by atoms with E-state index in [-0.39, 0.29) is 0 Å². The zero-order valence-corrected chi connectivity index (χ0v) is 11.2. The van der Waals surface area contributed by atoms with Gasteiger partial charge in [-0.15, -0.1) is 0 Å². The quantitative estimate of drug-likeness (QED) is 0.874. The average Bonchev–Trinajstić information content (AvgIpc) is 2.76. The van der Waals surface area contributed by atoms with Crippen molar-refractivity contribution in [3.63, 3.8) is 0 Å². The molecule has 2 aromatic rings. The van der Waals surface area contributed by atoms with E-state index in [1.165, 1.54) is 11.3 Å². The maximum Gasteiger partial charge on any atom is 0.0522 e. The molecule has 96 valence electrons. The zero-order valence-electron chi connectivity index (χ0n) is 11.2. The molecule has 0 saturated heterocycles. The van der Waals surface area contributed by atoms with Gasteiger partial charge in [0.1, 0.15) is 0 Å². The summed E-state index contributed by atoms with van der Waals surface area (Å²) in [5.41, 5.74) is 3.63. The van der Waals surface area contributed by atoms with E-state index in [0.29, 0.717) is 0 Å². The third-order valence-electron chi connectivity index (χ3n) is 2.88. The maximum absolute atomic E-state index is 4.16. The Morgan fingerprint density at radius 3 is 2.50 bits per heavy atom. The molecule has 1 heterocycles. The number of nitrogens with one attached hydrogen (secondary N) is 1. The molecule has 2 rings (SSSR count). The van der Waals surface area contributed by atoms with Crippen LogP contribution in [0.4, 0.5) is 11.4 Å². The third kappa shape index (κ3) is 3.26. The Bertz CT molecular complexity index is 485. The van der Waals surface area contributed by atoms with Crippen molar-refractivity contribution in [1.82, 2.24) is 9.78 Å². The van der Waals surface area contributed by atoms with Crippen molar-refractivity contribution in [3.05, 3.63) is 42.2 Å². The lowest BCUT2D eigenvalue weighted by molar-refractivity contribution is 0.767. The molecule has 0 unspecified atom stereocenters. The molecule has 1 aromatic carbocycles. The summed E-state index contributed by atoms with van der Waals surface area (Å²) in [5, 5.41) is 7.57. The van der Waals surface area contributed by atoms with Gasteiger partial charge in [0.2, 0.25) is 0 Å². The van der Waals surface area contributed by atoms with E-state index in [1.807, 2.05) is 32.0 Å². The van der Waals surface area contributed by atoms with Crippen LogP contribution in [0, 0.1) is 0 Å². The molecule has 0 atom stereocenters. The van der Waals surface area contributed by atoms with Gasteiger partial charge in [0.15, 0.2) is 0 Å². The molecule has 1 aromatic heterocycles. The number of nitrogens with zero attached hydrogens (tertiary/aromatic N) is 3. The van der Waals surface area contributed by atoms with Crippen LogP contribution in [-0.2, 0) is 13.5 Å². The summed E-state index contributed by atoms with van der Waals surface area (Å²) in [5.74, 6) is 0. The van der Waals surface area contributed by atoms with Crippen LogP contribution in [0.3, 0.4) is 0 Å². The Kier molecular flexibility index (Phi) is 3.87. The molecule has 18 heavy (non-hydrogen) atoms. The van der Waals surface area contributed by atoms with Crippen LogP contribution in [0.25, 0.3) is 0 Å². The van der Waals surface area contributed by atoms with Crippen molar-refractivity contribution in [3.8, 4) is 0 Å². The van der Waals surface area contributed by atoms with Crippen LogP contribution in [-0.4, -0.2) is 30.4 Å². The van der Waals surface area contributed by atoms with Crippen LogP contribution in [0.5, 0.6) is 0 Å². The third-order valence-corrected chi connectivity index (χ3v) is 2.88. The molecule has 0 spiro atoms. The molecular weight excluding hydrogens is 224 g/mol. The van der Waals surface area contributed by atoms with Gasteiger partial charge in [-0.2, -0.15) is 5.10 Å². The van der Waals surface area contributed by atoms with Gasteiger partial charge >= 0.3 is 0 Å². The van der Waals surface area contributed by atoms with Crippen molar-refractivity contribution in [1.29, 1.82) is 0 Å². The lowest BCUT2D eigenvalue weighted by Crippen LogP contribution is -2.09. The molecule has 0 amide bonds. The van der Waals surface area contributed by atoms with Gasteiger partial charge in [0.25, 0.3) is 0 Å². The molecule has 0 radical (unpaired) electrons. The minimum absolute atomic E-state index is 0.924. The Balaban J connectivity index is 1.83. The van der Waals surface area contributed by atoms with Crippen LogP contribution in [0.2, 0.25) is 0 Å². The minimum atomic E-state index is 0.924. The average molecular weight is 244 g/mol. The first-order valence-electron chi connectivity index (χ1n) is 6.14. The summed E-state index contributed by atoms with van der Waals surface area (Å²) >= 11 is 0. The lowest BCUT2D eigenvalue weighted by Gasteiger charge is -2.13. The number of hydrogen-bond donors (Lipinski definition) is 1. The number of rotatable bonds is 5. The number of hydrogen-bond acceptors (Lipinski definition) is 3.